The number of phenols is 1. The van der Waals surface area contributed by atoms with Crippen molar-refractivity contribution >= 4 is 33.3 Å². The molecule has 0 aliphatic carbocycles. The maximum Gasteiger partial charge on any atom is 0.259 e. The fourth-order valence-electron chi connectivity index (χ4n) is 2.69. The van der Waals surface area contributed by atoms with Crippen LogP contribution in [0.25, 0.3) is 15.9 Å². The molecule has 27 heavy (non-hydrogen) atoms. The van der Waals surface area contributed by atoms with Gasteiger partial charge in [0.2, 0.25) is 5.16 Å². The number of hydrogen-bond donors (Lipinski definition) is 2. The number of rotatable bonds is 4. The number of thiophene rings is 1. The Morgan fingerprint density at radius 1 is 1.26 bits per heavy atom. The van der Waals surface area contributed by atoms with Gasteiger partial charge in [0.05, 0.1) is 16.3 Å². The van der Waals surface area contributed by atoms with Crippen molar-refractivity contribution in [1.82, 2.24) is 30.2 Å². The van der Waals surface area contributed by atoms with Gasteiger partial charge >= 0.3 is 0 Å². The lowest BCUT2D eigenvalue weighted by Crippen LogP contribution is -2.12. The highest BCUT2D eigenvalue weighted by Crippen LogP contribution is 2.34. The van der Waals surface area contributed by atoms with E-state index in [-0.39, 0.29) is 16.6 Å². The summed E-state index contributed by atoms with van der Waals surface area (Å²) < 4.78 is 1.58. The molecule has 1 aromatic carbocycles. The van der Waals surface area contributed by atoms with Crippen LogP contribution in [-0.2, 0) is 0 Å². The van der Waals surface area contributed by atoms with E-state index >= 15 is 0 Å². The minimum Gasteiger partial charge on any atom is -0.508 e. The van der Waals surface area contributed by atoms with E-state index in [1.165, 1.54) is 23.1 Å². The molecule has 10 heteroatoms. The lowest BCUT2D eigenvalue weighted by atomic mass is 10.2. The molecule has 0 amide bonds. The number of nitrogens with zero attached hydrogens (tertiary/aromatic N) is 5. The molecule has 8 nitrogen and oxygen atoms in total. The van der Waals surface area contributed by atoms with E-state index in [1.807, 2.05) is 20.8 Å². The largest absolute Gasteiger partial charge is 0.508 e. The molecule has 0 fully saturated rings. The number of aryl methyl sites for hydroxylation is 2. The molecule has 1 atom stereocenters. The van der Waals surface area contributed by atoms with Gasteiger partial charge in [0.15, 0.2) is 0 Å². The van der Waals surface area contributed by atoms with E-state index in [2.05, 4.69) is 25.5 Å². The van der Waals surface area contributed by atoms with E-state index in [0.29, 0.717) is 16.4 Å². The van der Waals surface area contributed by atoms with E-state index in [9.17, 15) is 9.90 Å². The van der Waals surface area contributed by atoms with E-state index < -0.39 is 0 Å². The van der Waals surface area contributed by atoms with Crippen molar-refractivity contribution in [3.05, 3.63) is 50.9 Å². The van der Waals surface area contributed by atoms with Gasteiger partial charge in [-0.15, -0.1) is 16.4 Å². The fourth-order valence-corrected chi connectivity index (χ4v) is 4.59. The molecule has 0 aliphatic rings. The number of tetrazole rings is 1. The molecule has 0 aliphatic heterocycles. The zero-order valence-corrected chi connectivity index (χ0v) is 16.4. The molecule has 2 N–H and O–H groups in total. The predicted octanol–water partition coefficient (Wildman–Crippen LogP) is 3.14. The summed E-state index contributed by atoms with van der Waals surface area (Å²) in [5, 5.41) is 22.3. The van der Waals surface area contributed by atoms with Gasteiger partial charge in [0.25, 0.3) is 5.56 Å². The van der Waals surface area contributed by atoms with Gasteiger partial charge in [-0.05, 0) is 61.0 Å². The number of aromatic hydroxyl groups is 1. The lowest BCUT2D eigenvalue weighted by Gasteiger charge is -2.10. The highest BCUT2D eigenvalue weighted by molar-refractivity contribution is 7.99. The third-order valence-electron chi connectivity index (χ3n) is 4.26. The number of aromatic amines is 1. The first-order valence-electron chi connectivity index (χ1n) is 8.18. The molecule has 0 radical (unpaired) electrons. The Bertz CT molecular complexity index is 1180. The van der Waals surface area contributed by atoms with Crippen molar-refractivity contribution in [3.8, 4) is 11.4 Å². The van der Waals surface area contributed by atoms with Gasteiger partial charge in [-0.25, -0.2) is 4.98 Å². The molecule has 4 aromatic rings. The van der Waals surface area contributed by atoms with Crippen molar-refractivity contribution in [2.45, 2.75) is 31.2 Å². The van der Waals surface area contributed by atoms with Crippen LogP contribution in [0.5, 0.6) is 5.75 Å². The quantitative estimate of drug-likeness (QED) is 0.506. The predicted molar refractivity (Wildman–Crippen MR) is 105 cm³/mol. The van der Waals surface area contributed by atoms with Crippen LogP contribution < -0.4 is 5.56 Å². The molecule has 3 heterocycles. The topological polar surface area (TPSA) is 110 Å². The van der Waals surface area contributed by atoms with Crippen LogP contribution in [0.15, 0.2) is 34.2 Å². The summed E-state index contributed by atoms with van der Waals surface area (Å²) in [6.45, 7) is 5.87. The van der Waals surface area contributed by atoms with Crippen LogP contribution in [0.3, 0.4) is 0 Å². The SMILES string of the molecule is Cc1sc2nc([C@H](C)Sc3nnnn3-c3ccc(O)cc3)[nH]c(=O)c2c1C. The Balaban J connectivity index is 1.66. The van der Waals surface area contributed by atoms with Crippen LogP contribution in [0.2, 0.25) is 0 Å². The van der Waals surface area contributed by atoms with Gasteiger partial charge < -0.3 is 10.1 Å². The summed E-state index contributed by atoms with van der Waals surface area (Å²) in [7, 11) is 0. The number of benzene rings is 1. The number of phenolic OH excluding ortho intramolecular Hbond substituents is 1. The summed E-state index contributed by atoms with van der Waals surface area (Å²) in [6, 6.07) is 6.60. The maximum absolute atomic E-state index is 12.5. The number of aromatic nitrogens is 6. The van der Waals surface area contributed by atoms with Crippen LogP contribution in [0.4, 0.5) is 0 Å². The highest BCUT2D eigenvalue weighted by atomic mass is 32.2. The molecule has 0 saturated carbocycles. The molecule has 0 saturated heterocycles. The first kappa shape index (κ1) is 17.7. The minimum atomic E-state index is -0.160. The van der Waals surface area contributed by atoms with Gasteiger partial charge in [-0.2, -0.15) is 4.68 Å². The van der Waals surface area contributed by atoms with E-state index in [0.717, 1.165) is 21.0 Å². The molecule has 4 rings (SSSR count). The molecule has 138 valence electrons. The van der Waals surface area contributed by atoms with Gasteiger partial charge in [-0.1, -0.05) is 11.8 Å². The Labute approximate surface area is 162 Å². The number of H-pyrrole nitrogens is 1. The average Bonchev–Trinajstić information content (AvgIpc) is 3.20. The van der Waals surface area contributed by atoms with Crippen LogP contribution in [0, 0.1) is 13.8 Å². The lowest BCUT2D eigenvalue weighted by molar-refractivity contribution is 0.475. The van der Waals surface area contributed by atoms with Crippen molar-refractivity contribution in [1.29, 1.82) is 0 Å². The van der Waals surface area contributed by atoms with Crippen molar-refractivity contribution < 1.29 is 5.11 Å². The second-order valence-electron chi connectivity index (χ2n) is 6.06. The van der Waals surface area contributed by atoms with Crippen molar-refractivity contribution in [2.75, 3.05) is 0 Å². The Morgan fingerprint density at radius 3 is 2.74 bits per heavy atom. The zero-order chi connectivity index (χ0) is 19.1. The summed E-state index contributed by atoms with van der Waals surface area (Å²) in [6.07, 6.45) is 0. The molecule has 3 aromatic heterocycles. The second-order valence-corrected chi connectivity index (χ2v) is 8.58. The normalized spacial score (nSPS) is 12.6. The standard InChI is InChI=1S/C17H16N6O2S2/c1-8-9(2)26-16-13(8)15(25)18-14(19-16)10(3)27-17-20-21-22-23(17)11-4-6-12(24)7-5-11/h4-7,10,24H,1-3H3,(H,18,19,25)/t10-/m0/s1. The average molecular weight is 400 g/mol. The number of thioether (sulfide) groups is 1. The van der Waals surface area contributed by atoms with Crippen LogP contribution in [-0.4, -0.2) is 35.3 Å². The summed E-state index contributed by atoms with van der Waals surface area (Å²) in [5.74, 6) is 0.755. The molecule has 0 unspecified atom stereocenters. The fraction of sp³-hybridized carbons (Fsp3) is 0.235. The first-order chi connectivity index (χ1) is 12.9. The number of hydrogen-bond acceptors (Lipinski definition) is 8. The third kappa shape index (κ3) is 3.21. The van der Waals surface area contributed by atoms with Crippen LogP contribution in [0.1, 0.15) is 28.4 Å². The van der Waals surface area contributed by atoms with Gasteiger partial charge in [0, 0.05) is 4.88 Å². The monoisotopic (exact) mass is 400 g/mol. The molecular formula is C17H16N6O2S2. The smallest absolute Gasteiger partial charge is 0.259 e. The first-order valence-corrected chi connectivity index (χ1v) is 9.88. The zero-order valence-electron chi connectivity index (χ0n) is 14.8. The van der Waals surface area contributed by atoms with E-state index in [1.54, 1.807) is 28.9 Å². The Kier molecular flexibility index (Phi) is 4.44. The summed E-state index contributed by atoms with van der Waals surface area (Å²) in [5.41, 5.74) is 1.59. The molecule has 0 bridgehead atoms. The third-order valence-corrected chi connectivity index (χ3v) is 6.40. The van der Waals surface area contributed by atoms with E-state index in [4.69, 9.17) is 0 Å². The Hall–Kier alpha value is -2.72. The number of fused-ring (bicyclic) bond motifs is 1. The highest BCUT2D eigenvalue weighted by Gasteiger charge is 2.19. The van der Waals surface area contributed by atoms with Crippen molar-refractivity contribution in [3.63, 3.8) is 0 Å². The maximum atomic E-state index is 12.5. The Morgan fingerprint density at radius 2 is 2.00 bits per heavy atom. The number of nitrogens with one attached hydrogen (secondary N) is 1. The van der Waals surface area contributed by atoms with Gasteiger partial charge in [0.1, 0.15) is 16.4 Å². The van der Waals surface area contributed by atoms with Gasteiger partial charge in [-0.3, -0.25) is 4.79 Å². The molecular weight excluding hydrogens is 384 g/mol. The second kappa shape index (κ2) is 6.78. The summed E-state index contributed by atoms with van der Waals surface area (Å²) >= 11 is 2.92. The molecule has 0 spiro atoms. The van der Waals surface area contributed by atoms with Crippen molar-refractivity contribution in [2.24, 2.45) is 0 Å². The summed E-state index contributed by atoms with van der Waals surface area (Å²) in [4.78, 5) is 21.9. The van der Waals surface area contributed by atoms with Crippen LogP contribution >= 0.6 is 23.1 Å². The minimum absolute atomic E-state index is 0.123.